The summed E-state index contributed by atoms with van der Waals surface area (Å²) in [5.74, 6) is -0.259. The molecule has 1 fully saturated rings. The van der Waals surface area contributed by atoms with Gasteiger partial charge in [-0.05, 0) is 94.1 Å². The first-order chi connectivity index (χ1) is 20.3. The number of ether oxygens (including phenoxy) is 1. The molecule has 2 heterocycles. The maximum absolute atomic E-state index is 13.5. The quantitative estimate of drug-likeness (QED) is 0.285. The molecule has 0 bridgehead atoms. The molecule has 7 nitrogen and oxygen atoms in total. The molecule has 10 heteroatoms. The minimum atomic E-state index is -4.43. The van der Waals surface area contributed by atoms with Gasteiger partial charge in [0.25, 0.3) is 0 Å². The number of nitrogens with one attached hydrogen (secondary N) is 1. The van der Waals surface area contributed by atoms with Crippen molar-refractivity contribution in [2.24, 2.45) is 0 Å². The van der Waals surface area contributed by atoms with Crippen LogP contribution in [0.5, 0.6) is 0 Å². The van der Waals surface area contributed by atoms with Crippen LogP contribution in [0.15, 0.2) is 72.9 Å². The Labute approximate surface area is 250 Å². The van der Waals surface area contributed by atoms with E-state index in [0.29, 0.717) is 38.0 Å². The lowest BCUT2D eigenvalue weighted by Crippen LogP contribution is -2.49. The van der Waals surface area contributed by atoms with E-state index in [-0.39, 0.29) is 18.0 Å². The van der Waals surface area contributed by atoms with Gasteiger partial charge < -0.3 is 19.9 Å². The van der Waals surface area contributed by atoms with Crippen molar-refractivity contribution in [2.45, 2.75) is 64.9 Å². The highest BCUT2D eigenvalue weighted by Gasteiger charge is 2.32. The highest BCUT2D eigenvalue weighted by molar-refractivity contribution is 5.92. The van der Waals surface area contributed by atoms with E-state index in [4.69, 9.17) is 4.74 Å². The van der Waals surface area contributed by atoms with Gasteiger partial charge in [0.1, 0.15) is 5.60 Å². The molecule has 43 heavy (non-hydrogen) atoms. The molecule has 2 amide bonds. The first-order valence-electron chi connectivity index (χ1n) is 14.2. The average molecular weight is 595 g/mol. The van der Waals surface area contributed by atoms with Crippen molar-refractivity contribution in [3.8, 4) is 0 Å². The molecule has 0 spiro atoms. The van der Waals surface area contributed by atoms with Gasteiger partial charge in [0, 0.05) is 55.0 Å². The molecule has 3 aromatic rings. The van der Waals surface area contributed by atoms with Gasteiger partial charge in [-0.2, -0.15) is 13.2 Å². The van der Waals surface area contributed by atoms with Gasteiger partial charge >= 0.3 is 12.3 Å². The fourth-order valence-corrected chi connectivity index (χ4v) is 4.80. The van der Waals surface area contributed by atoms with Crippen molar-refractivity contribution < 1.29 is 27.5 Å². The van der Waals surface area contributed by atoms with Crippen molar-refractivity contribution in [1.29, 1.82) is 0 Å². The number of amides is 2. The second-order valence-corrected chi connectivity index (χ2v) is 11.6. The zero-order valence-electron chi connectivity index (χ0n) is 24.8. The summed E-state index contributed by atoms with van der Waals surface area (Å²) in [6.45, 7) is 8.60. The Balaban J connectivity index is 1.48. The third-order valence-electron chi connectivity index (χ3n) is 6.99. The minimum Gasteiger partial charge on any atom is -0.444 e. The molecule has 1 aliphatic rings. The number of nitrogens with zero attached hydrogens (tertiary/aromatic N) is 3. The molecule has 0 saturated carbocycles. The van der Waals surface area contributed by atoms with Crippen LogP contribution in [0.3, 0.4) is 0 Å². The van der Waals surface area contributed by atoms with Gasteiger partial charge in [-0.3, -0.25) is 9.78 Å². The van der Waals surface area contributed by atoms with Crippen molar-refractivity contribution in [3.63, 3.8) is 0 Å². The maximum atomic E-state index is 13.5. The largest absolute Gasteiger partial charge is 0.444 e. The molecule has 1 aliphatic heterocycles. The summed E-state index contributed by atoms with van der Waals surface area (Å²) in [6, 6.07) is 16.1. The Hall–Kier alpha value is -4.34. The van der Waals surface area contributed by atoms with E-state index in [0.717, 1.165) is 34.8 Å². The second-order valence-electron chi connectivity index (χ2n) is 11.6. The van der Waals surface area contributed by atoms with E-state index in [1.54, 1.807) is 16.0 Å². The number of rotatable bonds is 7. The van der Waals surface area contributed by atoms with E-state index in [2.05, 4.69) is 10.3 Å². The summed E-state index contributed by atoms with van der Waals surface area (Å²) >= 11 is 0. The lowest BCUT2D eigenvalue weighted by molar-refractivity contribution is -0.137. The molecule has 4 rings (SSSR count). The normalized spacial score (nSPS) is 14.5. The van der Waals surface area contributed by atoms with E-state index in [9.17, 15) is 22.8 Å². The van der Waals surface area contributed by atoms with Crippen LogP contribution in [0.25, 0.3) is 6.08 Å². The van der Waals surface area contributed by atoms with E-state index in [1.165, 1.54) is 24.3 Å². The topological polar surface area (TPSA) is 74.8 Å². The first-order valence-corrected chi connectivity index (χ1v) is 14.2. The lowest BCUT2D eigenvalue weighted by atomic mass is 10.0. The Morgan fingerprint density at radius 1 is 1.00 bits per heavy atom. The summed E-state index contributed by atoms with van der Waals surface area (Å²) in [7, 11) is 0. The third kappa shape index (κ3) is 9.33. The molecule has 0 atom stereocenters. The van der Waals surface area contributed by atoms with E-state index in [1.807, 2.05) is 64.1 Å². The first kappa shape index (κ1) is 31.6. The molecule has 1 N–H and O–H groups in total. The number of hydrogen-bond acceptors (Lipinski definition) is 5. The molecule has 0 radical (unpaired) electrons. The predicted octanol–water partition coefficient (Wildman–Crippen LogP) is 7.59. The SMILES string of the molecule is Cc1cc(Nc2ccc(CN(C(=O)C=Cc3ccc(C(F)(F)F)cc3)C3CCN(C(=O)OC(C)(C)C)CC3)cc2)ccn1. The molecule has 0 aliphatic carbocycles. The van der Waals surface area contributed by atoms with Gasteiger partial charge in [-0.25, -0.2) is 4.79 Å². The smallest absolute Gasteiger partial charge is 0.416 e. The minimum absolute atomic E-state index is 0.138. The monoisotopic (exact) mass is 594 g/mol. The number of aryl methyl sites for hydroxylation is 1. The number of carbonyl (C=O) groups excluding carboxylic acids is 2. The summed E-state index contributed by atoms with van der Waals surface area (Å²) < 4.78 is 44.3. The van der Waals surface area contributed by atoms with Crippen LogP contribution in [-0.2, 0) is 22.3 Å². The van der Waals surface area contributed by atoms with Gasteiger partial charge in [-0.1, -0.05) is 24.3 Å². The van der Waals surface area contributed by atoms with E-state index < -0.39 is 17.3 Å². The van der Waals surface area contributed by atoms with Crippen molar-refractivity contribution in [2.75, 3.05) is 18.4 Å². The highest BCUT2D eigenvalue weighted by atomic mass is 19.4. The van der Waals surface area contributed by atoms with Crippen LogP contribution >= 0.6 is 0 Å². The molecule has 1 saturated heterocycles. The van der Waals surface area contributed by atoms with Crippen molar-refractivity contribution >= 4 is 29.5 Å². The summed E-state index contributed by atoms with van der Waals surface area (Å²) in [5, 5.41) is 3.34. The van der Waals surface area contributed by atoms with E-state index >= 15 is 0 Å². The number of likely N-dealkylation sites (tertiary alicyclic amines) is 1. The van der Waals surface area contributed by atoms with Crippen LogP contribution in [0.4, 0.5) is 29.3 Å². The second kappa shape index (κ2) is 13.3. The van der Waals surface area contributed by atoms with Gasteiger partial charge in [-0.15, -0.1) is 0 Å². The lowest BCUT2D eigenvalue weighted by Gasteiger charge is -2.38. The van der Waals surface area contributed by atoms with Crippen LogP contribution in [0.2, 0.25) is 0 Å². The van der Waals surface area contributed by atoms with Crippen LogP contribution in [-0.4, -0.2) is 51.5 Å². The molecular weight excluding hydrogens is 557 g/mol. The molecule has 228 valence electrons. The highest BCUT2D eigenvalue weighted by Crippen LogP contribution is 2.29. The number of hydrogen-bond donors (Lipinski definition) is 1. The summed E-state index contributed by atoms with van der Waals surface area (Å²) in [6.07, 6.45) is 0.992. The standard InChI is InChI=1S/C33H37F3N4O3/c1-23-21-28(15-18-37-23)38-27-12-7-25(8-13-27)22-40(29-16-19-39(20-17-29)31(42)43-32(2,3)4)30(41)14-9-24-5-10-26(11-6-24)33(34,35)36/h5-15,18,21,29H,16-17,19-20,22H2,1-4H3,(H,37,38). The third-order valence-corrected chi connectivity index (χ3v) is 6.99. The molecular formula is C33H37F3N4O3. The number of halogens is 3. The number of carbonyl (C=O) groups is 2. The van der Waals surface area contributed by atoms with Crippen LogP contribution in [0, 0.1) is 6.92 Å². The fraction of sp³-hybridized carbons (Fsp3) is 0.364. The zero-order valence-corrected chi connectivity index (χ0v) is 24.8. The number of aromatic nitrogens is 1. The number of alkyl halides is 3. The Morgan fingerprint density at radius 3 is 2.23 bits per heavy atom. The van der Waals surface area contributed by atoms with Gasteiger partial charge in [0.2, 0.25) is 5.91 Å². The fourth-order valence-electron chi connectivity index (χ4n) is 4.80. The molecule has 1 aromatic heterocycles. The summed E-state index contributed by atoms with van der Waals surface area (Å²) in [4.78, 5) is 33.7. The Morgan fingerprint density at radius 2 is 1.65 bits per heavy atom. The summed E-state index contributed by atoms with van der Waals surface area (Å²) in [5.41, 5.74) is 2.77. The average Bonchev–Trinajstić information content (AvgIpc) is 2.94. The Kier molecular flexibility index (Phi) is 9.78. The number of benzene rings is 2. The van der Waals surface area contributed by atoms with Crippen molar-refractivity contribution in [3.05, 3.63) is 95.3 Å². The van der Waals surface area contributed by atoms with Crippen LogP contribution in [0.1, 0.15) is 56.0 Å². The molecule has 0 unspecified atom stereocenters. The predicted molar refractivity (Wildman–Crippen MR) is 161 cm³/mol. The number of piperidine rings is 1. The van der Waals surface area contributed by atoms with Crippen molar-refractivity contribution in [1.82, 2.24) is 14.8 Å². The zero-order chi connectivity index (χ0) is 31.2. The van der Waals surface area contributed by atoms with Gasteiger partial charge in [0.05, 0.1) is 5.56 Å². The van der Waals surface area contributed by atoms with Gasteiger partial charge in [0.15, 0.2) is 0 Å². The van der Waals surface area contributed by atoms with Crippen LogP contribution < -0.4 is 5.32 Å². The number of anilines is 2. The molecule has 2 aromatic carbocycles. The maximum Gasteiger partial charge on any atom is 0.416 e. The number of pyridine rings is 1. The Bertz CT molecular complexity index is 1420.